The fraction of sp³-hybridized carbons (Fsp3) is 0.571. The summed E-state index contributed by atoms with van der Waals surface area (Å²) in [5.74, 6) is 1.94. The van der Waals surface area contributed by atoms with Crippen LogP contribution in [0.25, 0.3) is 0 Å². The molecule has 19 heavy (non-hydrogen) atoms. The van der Waals surface area contributed by atoms with Crippen molar-refractivity contribution in [2.45, 2.75) is 25.5 Å². The summed E-state index contributed by atoms with van der Waals surface area (Å²) in [6.07, 6.45) is 0.780. The minimum Gasteiger partial charge on any atom is -0.490 e. The summed E-state index contributed by atoms with van der Waals surface area (Å²) in [6.45, 7) is 5.48. The van der Waals surface area contributed by atoms with Crippen molar-refractivity contribution in [1.29, 1.82) is 0 Å². The Morgan fingerprint density at radius 2 is 1.89 bits per heavy atom. The molecule has 2 atom stereocenters. The lowest BCUT2D eigenvalue weighted by molar-refractivity contribution is 0.289. The third-order valence-electron chi connectivity index (χ3n) is 2.71. The summed E-state index contributed by atoms with van der Waals surface area (Å²) in [5, 5.41) is 0.121. The van der Waals surface area contributed by atoms with Crippen molar-refractivity contribution in [3.63, 3.8) is 0 Å². The third kappa shape index (κ3) is 5.61. The number of para-hydroxylation sites is 2. The van der Waals surface area contributed by atoms with Gasteiger partial charge >= 0.3 is 0 Å². The van der Waals surface area contributed by atoms with E-state index in [1.165, 1.54) is 0 Å². The first kappa shape index (κ1) is 16.0. The van der Waals surface area contributed by atoms with Crippen LogP contribution in [0.1, 0.15) is 20.3 Å². The molecule has 0 aliphatic carbocycles. The Balaban J connectivity index is 2.42. The van der Waals surface area contributed by atoms with Gasteiger partial charge in [0, 0.05) is 16.0 Å². The van der Waals surface area contributed by atoms with E-state index in [2.05, 4.69) is 0 Å². The SMILES string of the molecule is CCOc1ccccc1OCCS(=O)C(C)CCN. The van der Waals surface area contributed by atoms with Crippen LogP contribution in [0, 0.1) is 0 Å². The molecule has 5 heteroatoms. The van der Waals surface area contributed by atoms with E-state index in [0.717, 1.165) is 12.2 Å². The minimum atomic E-state index is -0.894. The van der Waals surface area contributed by atoms with Gasteiger partial charge in [-0.25, -0.2) is 0 Å². The molecule has 0 saturated carbocycles. The highest BCUT2D eigenvalue weighted by molar-refractivity contribution is 7.85. The second-order valence-corrected chi connectivity index (χ2v) is 6.18. The highest BCUT2D eigenvalue weighted by atomic mass is 32.2. The second kappa shape index (κ2) is 8.93. The van der Waals surface area contributed by atoms with Crippen molar-refractivity contribution in [1.82, 2.24) is 0 Å². The molecule has 1 aromatic rings. The molecule has 4 nitrogen and oxygen atoms in total. The van der Waals surface area contributed by atoms with Gasteiger partial charge in [0.05, 0.1) is 19.0 Å². The predicted octanol–water partition coefficient (Wildman–Crippen LogP) is 1.95. The molecule has 108 valence electrons. The van der Waals surface area contributed by atoms with Gasteiger partial charge in [0.1, 0.15) is 0 Å². The summed E-state index contributed by atoms with van der Waals surface area (Å²) in [4.78, 5) is 0. The maximum absolute atomic E-state index is 11.9. The van der Waals surface area contributed by atoms with E-state index >= 15 is 0 Å². The van der Waals surface area contributed by atoms with Crippen LogP contribution >= 0.6 is 0 Å². The molecule has 0 amide bonds. The van der Waals surface area contributed by atoms with Gasteiger partial charge in [-0.3, -0.25) is 4.21 Å². The molecule has 0 bridgehead atoms. The Morgan fingerprint density at radius 3 is 2.47 bits per heavy atom. The molecule has 1 rings (SSSR count). The monoisotopic (exact) mass is 285 g/mol. The van der Waals surface area contributed by atoms with E-state index in [0.29, 0.717) is 31.3 Å². The number of hydrogen-bond acceptors (Lipinski definition) is 4. The Hall–Kier alpha value is -1.07. The van der Waals surface area contributed by atoms with Crippen LogP contribution in [-0.4, -0.2) is 35.0 Å². The van der Waals surface area contributed by atoms with Crippen molar-refractivity contribution in [3.05, 3.63) is 24.3 Å². The topological polar surface area (TPSA) is 61.5 Å². The number of ether oxygens (including phenoxy) is 2. The Bertz CT molecular complexity index is 398. The molecule has 0 spiro atoms. The molecule has 0 radical (unpaired) electrons. The summed E-state index contributed by atoms with van der Waals surface area (Å²) in [6, 6.07) is 7.52. The van der Waals surface area contributed by atoms with Crippen LogP contribution in [0.5, 0.6) is 11.5 Å². The molecule has 0 aromatic heterocycles. The zero-order chi connectivity index (χ0) is 14.1. The Kier molecular flexibility index (Phi) is 7.52. The van der Waals surface area contributed by atoms with Crippen molar-refractivity contribution in [2.75, 3.05) is 25.5 Å². The Labute approximate surface area is 117 Å². The van der Waals surface area contributed by atoms with E-state index in [1.807, 2.05) is 38.1 Å². The van der Waals surface area contributed by atoms with Crippen LogP contribution in [0.2, 0.25) is 0 Å². The van der Waals surface area contributed by atoms with E-state index in [-0.39, 0.29) is 5.25 Å². The normalized spacial score (nSPS) is 13.8. The molecule has 2 N–H and O–H groups in total. The van der Waals surface area contributed by atoms with E-state index < -0.39 is 10.8 Å². The van der Waals surface area contributed by atoms with Gasteiger partial charge in [0.25, 0.3) is 0 Å². The standard InChI is InChI=1S/C14H23NO3S/c1-3-17-13-6-4-5-7-14(13)18-10-11-19(16)12(2)8-9-15/h4-7,12H,3,8-11,15H2,1-2H3. The largest absolute Gasteiger partial charge is 0.490 e. The first-order valence-corrected chi connectivity index (χ1v) is 7.99. The van der Waals surface area contributed by atoms with Crippen molar-refractivity contribution in [2.24, 2.45) is 5.73 Å². The van der Waals surface area contributed by atoms with Crippen LogP contribution in [0.3, 0.4) is 0 Å². The first-order chi connectivity index (χ1) is 9.19. The zero-order valence-electron chi connectivity index (χ0n) is 11.6. The van der Waals surface area contributed by atoms with Gasteiger partial charge in [-0.2, -0.15) is 0 Å². The van der Waals surface area contributed by atoms with E-state index in [4.69, 9.17) is 15.2 Å². The van der Waals surface area contributed by atoms with Gasteiger partial charge in [-0.05, 0) is 32.0 Å². The zero-order valence-corrected chi connectivity index (χ0v) is 12.4. The third-order valence-corrected chi connectivity index (χ3v) is 4.42. The van der Waals surface area contributed by atoms with E-state index in [1.54, 1.807) is 0 Å². The predicted molar refractivity (Wildman–Crippen MR) is 79.2 cm³/mol. The lowest BCUT2D eigenvalue weighted by atomic mass is 10.3. The summed E-state index contributed by atoms with van der Waals surface area (Å²) >= 11 is 0. The fourth-order valence-corrected chi connectivity index (χ4v) is 2.69. The number of nitrogens with two attached hydrogens (primary N) is 1. The molecule has 0 fully saturated rings. The summed E-state index contributed by atoms with van der Waals surface area (Å²) in [7, 11) is -0.894. The fourth-order valence-electron chi connectivity index (χ4n) is 1.65. The summed E-state index contributed by atoms with van der Waals surface area (Å²) < 4.78 is 23.0. The van der Waals surface area contributed by atoms with Crippen molar-refractivity contribution in [3.8, 4) is 11.5 Å². The van der Waals surface area contributed by atoms with Crippen LogP contribution in [0.15, 0.2) is 24.3 Å². The van der Waals surface area contributed by atoms with Gasteiger partial charge in [0.2, 0.25) is 0 Å². The smallest absolute Gasteiger partial charge is 0.161 e. The van der Waals surface area contributed by atoms with Crippen LogP contribution in [-0.2, 0) is 10.8 Å². The average Bonchev–Trinajstić information content (AvgIpc) is 2.41. The maximum atomic E-state index is 11.9. The molecule has 0 heterocycles. The minimum absolute atomic E-state index is 0.121. The molecular weight excluding hydrogens is 262 g/mol. The highest BCUT2D eigenvalue weighted by Gasteiger charge is 2.10. The Morgan fingerprint density at radius 1 is 1.26 bits per heavy atom. The van der Waals surface area contributed by atoms with Gasteiger partial charge in [0.15, 0.2) is 11.5 Å². The van der Waals surface area contributed by atoms with Gasteiger partial charge < -0.3 is 15.2 Å². The maximum Gasteiger partial charge on any atom is 0.161 e. The average molecular weight is 285 g/mol. The second-order valence-electron chi connectivity index (χ2n) is 4.20. The molecule has 0 aliphatic heterocycles. The molecule has 2 unspecified atom stereocenters. The molecule has 1 aromatic carbocycles. The van der Waals surface area contributed by atoms with Gasteiger partial charge in [-0.15, -0.1) is 0 Å². The quantitative estimate of drug-likeness (QED) is 0.753. The lowest BCUT2D eigenvalue weighted by Crippen LogP contribution is -2.21. The van der Waals surface area contributed by atoms with Crippen molar-refractivity contribution >= 4 is 10.8 Å². The number of hydrogen-bond donors (Lipinski definition) is 1. The molecule has 0 aliphatic rings. The van der Waals surface area contributed by atoms with Gasteiger partial charge in [-0.1, -0.05) is 19.1 Å². The lowest BCUT2D eigenvalue weighted by Gasteiger charge is -2.13. The summed E-state index contributed by atoms with van der Waals surface area (Å²) in [5.41, 5.74) is 5.46. The molecular formula is C14H23NO3S. The van der Waals surface area contributed by atoms with Crippen LogP contribution in [0.4, 0.5) is 0 Å². The first-order valence-electron chi connectivity index (χ1n) is 6.60. The number of benzene rings is 1. The van der Waals surface area contributed by atoms with E-state index in [9.17, 15) is 4.21 Å². The number of rotatable bonds is 9. The van der Waals surface area contributed by atoms with Crippen LogP contribution < -0.4 is 15.2 Å². The highest BCUT2D eigenvalue weighted by Crippen LogP contribution is 2.26. The van der Waals surface area contributed by atoms with Crippen molar-refractivity contribution < 1.29 is 13.7 Å². The molecule has 0 saturated heterocycles.